The molecule has 1 aliphatic rings. The first-order valence-corrected chi connectivity index (χ1v) is 15.4. The van der Waals surface area contributed by atoms with Crippen molar-refractivity contribution < 1.29 is 43.7 Å². The maximum atomic E-state index is 13.4. The summed E-state index contributed by atoms with van der Waals surface area (Å²) in [6.07, 6.45) is 4.32. The highest BCUT2D eigenvalue weighted by molar-refractivity contribution is 5.96. The smallest absolute Gasteiger partial charge is 0.408 e. The summed E-state index contributed by atoms with van der Waals surface area (Å²) in [5.74, 6) is -5.17. The Morgan fingerprint density at radius 2 is 1.47 bits per heavy atom. The van der Waals surface area contributed by atoms with Crippen LogP contribution < -0.4 is 32.7 Å². The molecule has 16 nitrogen and oxygen atoms in total. The molecule has 1 aliphatic carbocycles. The fourth-order valence-electron chi connectivity index (χ4n) is 5.15. The number of hydrogen-bond donors (Lipinski definition) is 9. The highest BCUT2D eigenvalue weighted by Crippen LogP contribution is 2.27. The highest BCUT2D eigenvalue weighted by Gasteiger charge is 2.32. The van der Waals surface area contributed by atoms with Crippen LogP contribution in [0.1, 0.15) is 62.5 Å². The van der Waals surface area contributed by atoms with Gasteiger partial charge in [-0.25, -0.2) is 9.59 Å². The number of hydrogen-bond acceptors (Lipinski definition) is 9. The molecule has 16 heteroatoms. The molecular formula is C31H45N7O9. The lowest BCUT2D eigenvalue weighted by Gasteiger charge is -2.27. The first kappa shape index (κ1) is 38.2. The van der Waals surface area contributed by atoms with Gasteiger partial charge >= 0.3 is 18.0 Å². The molecule has 0 aromatic heterocycles. The first-order valence-electron chi connectivity index (χ1n) is 15.4. The van der Waals surface area contributed by atoms with Gasteiger partial charge in [0.15, 0.2) is 0 Å². The number of alkyl carbamates (subject to hydrolysis) is 1. The van der Waals surface area contributed by atoms with Gasteiger partial charge in [-0.3, -0.25) is 24.6 Å². The van der Waals surface area contributed by atoms with Crippen molar-refractivity contribution in [2.45, 2.75) is 82.0 Å². The van der Waals surface area contributed by atoms with E-state index in [1.165, 1.54) is 6.08 Å². The molecule has 0 radical (unpaired) electrons. The Kier molecular flexibility index (Phi) is 15.9. The molecule has 0 aliphatic heterocycles. The highest BCUT2D eigenvalue weighted by atomic mass is 16.5. The summed E-state index contributed by atoms with van der Waals surface area (Å²) in [5, 5.41) is 36.2. The largest absolute Gasteiger partial charge is 0.481 e. The Balaban J connectivity index is 2.20. The molecule has 4 amide bonds. The summed E-state index contributed by atoms with van der Waals surface area (Å²) < 4.78 is 4.93. The standard InChI is InChI=1S/C31H45N7O9/c1-2-14-47-31(46)38-22(15-19-8-10-20(11-9-19)26(33)34)28(42)35-21(12-13-25(39)40)27(41)37-24(17-32)29(43)36-23(30(44)45)16-18-6-4-3-5-7-18/h2,8-11,18,21-24H,1,3-7,12-17,32H2,(H3,33,34)(H,35,42)(H,36,43)(H,37,41)(H,38,46)(H,39,40)(H,44,45)/t21-,22-,23-,24-/m0/s1. The number of rotatable bonds is 19. The number of nitrogen functional groups attached to an aromatic ring is 1. The van der Waals surface area contributed by atoms with Gasteiger partial charge in [-0.15, -0.1) is 0 Å². The van der Waals surface area contributed by atoms with Crippen molar-refractivity contribution in [1.82, 2.24) is 21.3 Å². The zero-order valence-corrected chi connectivity index (χ0v) is 26.2. The van der Waals surface area contributed by atoms with Crippen LogP contribution in [0.3, 0.4) is 0 Å². The van der Waals surface area contributed by atoms with Gasteiger partial charge in [0, 0.05) is 24.9 Å². The Morgan fingerprint density at radius 1 is 0.894 bits per heavy atom. The zero-order chi connectivity index (χ0) is 34.9. The van der Waals surface area contributed by atoms with Crippen molar-refractivity contribution in [3.05, 3.63) is 48.0 Å². The van der Waals surface area contributed by atoms with Gasteiger partial charge < -0.3 is 47.7 Å². The van der Waals surface area contributed by atoms with Gasteiger partial charge in [0.2, 0.25) is 17.7 Å². The summed E-state index contributed by atoms with van der Waals surface area (Å²) >= 11 is 0. The van der Waals surface area contributed by atoms with Crippen LogP contribution in [-0.4, -0.2) is 89.1 Å². The van der Waals surface area contributed by atoms with E-state index < -0.39 is 72.9 Å². The number of nitrogens with one attached hydrogen (secondary N) is 5. The van der Waals surface area contributed by atoms with E-state index in [1.54, 1.807) is 24.3 Å². The van der Waals surface area contributed by atoms with Crippen LogP contribution in [0.2, 0.25) is 0 Å². The lowest BCUT2D eigenvalue weighted by molar-refractivity contribution is -0.143. The molecule has 47 heavy (non-hydrogen) atoms. The minimum Gasteiger partial charge on any atom is -0.481 e. The SMILES string of the molecule is C=CCOC(=O)N[C@@H](Cc1ccc(C(=N)N)cc1)C(=O)N[C@@H](CCC(=O)O)C(=O)N[C@@H](CN)C(=O)N[C@@H](CC1CCCCC1)C(=O)O. The topological polar surface area (TPSA) is 276 Å². The molecule has 1 aromatic carbocycles. The third kappa shape index (κ3) is 13.5. The Labute approximate surface area is 272 Å². The van der Waals surface area contributed by atoms with E-state index in [2.05, 4.69) is 27.8 Å². The number of benzene rings is 1. The van der Waals surface area contributed by atoms with Crippen LogP contribution in [0.4, 0.5) is 4.79 Å². The molecule has 258 valence electrons. The lowest BCUT2D eigenvalue weighted by atomic mass is 9.85. The van der Waals surface area contributed by atoms with Crippen molar-refractivity contribution in [3.8, 4) is 0 Å². The van der Waals surface area contributed by atoms with E-state index in [-0.39, 0.29) is 37.6 Å². The number of carbonyl (C=O) groups is 6. The van der Waals surface area contributed by atoms with Crippen molar-refractivity contribution >= 4 is 41.6 Å². The minimum absolute atomic E-state index is 0.0914. The average Bonchev–Trinajstić information content (AvgIpc) is 3.04. The van der Waals surface area contributed by atoms with Gasteiger partial charge in [-0.05, 0) is 24.3 Å². The van der Waals surface area contributed by atoms with Gasteiger partial charge in [-0.1, -0.05) is 69.0 Å². The Bertz CT molecular complexity index is 1280. The quantitative estimate of drug-likeness (QED) is 0.0547. The van der Waals surface area contributed by atoms with Crippen LogP contribution in [0.5, 0.6) is 0 Å². The number of carbonyl (C=O) groups excluding carboxylic acids is 4. The van der Waals surface area contributed by atoms with Crippen LogP contribution in [-0.2, 0) is 35.1 Å². The molecule has 0 unspecified atom stereocenters. The molecule has 1 fully saturated rings. The number of nitrogens with two attached hydrogens (primary N) is 2. The van der Waals surface area contributed by atoms with Crippen LogP contribution >= 0.6 is 0 Å². The van der Waals surface area contributed by atoms with E-state index in [9.17, 15) is 39.0 Å². The van der Waals surface area contributed by atoms with Crippen LogP contribution in [0.25, 0.3) is 0 Å². The van der Waals surface area contributed by atoms with Gasteiger partial charge in [0.05, 0.1) is 0 Å². The normalized spacial score (nSPS) is 15.5. The Morgan fingerprint density at radius 3 is 2.02 bits per heavy atom. The second kappa shape index (κ2) is 19.5. The summed E-state index contributed by atoms with van der Waals surface area (Å²) in [4.78, 5) is 75.4. The predicted molar refractivity (Wildman–Crippen MR) is 170 cm³/mol. The van der Waals surface area contributed by atoms with Crippen LogP contribution in [0, 0.1) is 11.3 Å². The predicted octanol–water partition coefficient (Wildman–Crippen LogP) is 0.127. The molecule has 1 aromatic rings. The Hall–Kier alpha value is -4.99. The number of aliphatic carboxylic acids is 2. The van der Waals surface area contributed by atoms with Gasteiger partial charge in [0.25, 0.3) is 0 Å². The third-order valence-electron chi connectivity index (χ3n) is 7.70. The molecule has 0 saturated heterocycles. The molecule has 0 spiro atoms. The van der Waals surface area contributed by atoms with E-state index in [0.717, 1.165) is 32.1 Å². The number of carboxylic acid groups (broad SMARTS) is 2. The third-order valence-corrected chi connectivity index (χ3v) is 7.70. The van der Waals surface area contributed by atoms with Gasteiger partial charge in [-0.2, -0.15) is 0 Å². The zero-order valence-electron chi connectivity index (χ0n) is 26.2. The van der Waals surface area contributed by atoms with Crippen molar-refractivity contribution in [1.29, 1.82) is 5.41 Å². The first-order chi connectivity index (χ1) is 22.3. The molecule has 4 atom stereocenters. The van der Waals surface area contributed by atoms with Crippen molar-refractivity contribution in [2.24, 2.45) is 17.4 Å². The fraction of sp³-hybridized carbons (Fsp3) is 0.516. The minimum atomic E-state index is -1.48. The van der Waals surface area contributed by atoms with Crippen molar-refractivity contribution in [2.75, 3.05) is 13.2 Å². The lowest BCUT2D eigenvalue weighted by Crippen LogP contribution is -2.59. The number of ether oxygens (including phenoxy) is 1. The molecule has 0 heterocycles. The fourth-order valence-corrected chi connectivity index (χ4v) is 5.15. The number of amides is 4. The average molecular weight is 660 g/mol. The molecular weight excluding hydrogens is 614 g/mol. The maximum Gasteiger partial charge on any atom is 0.408 e. The summed E-state index contributed by atoms with van der Waals surface area (Å²) in [6, 6.07) is 0.907. The van der Waals surface area contributed by atoms with E-state index in [1.807, 2.05) is 0 Å². The summed E-state index contributed by atoms with van der Waals surface area (Å²) in [7, 11) is 0. The van der Waals surface area contributed by atoms with Gasteiger partial charge in [0.1, 0.15) is 36.6 Å². The second-order valence-corrected chi connectivity index (χ2v) is 11.3. The monoisotopic (exact) mass is 659 g/mol. The number of amidine groups is 1. The van der Waals surface area contributed by atoms with E-state index in [4.69, 9.17) is 21.6 Å². The molecule has 0 bridgehead atoms. The van der Waals surface area contributed by atoms with Crippen molar-refractivity contribution in [3.63, 3.8) is 0 Å². The molecule has 1 saturated carbocycles. The molecule has 2 rings (SSSR count). The number of carboxylic acids is 2. The maximum absolute atomic E-state index is 13.4. The van der Waals surface area contributed by atoms with E-state index in [0.29, 0.717) is 11.1 Å². The molecule has 11 N–H and O–H groups in total. The van der Waals surface area contributed by atoms with E-state index >= 15 is 0 Å². The summed E-state index contributed by atoms with van der Waals surface area (Å²) in [6.45, 7) is 2.89. The summed E-state index contributed by atoms with van der Waals surface area (Å²) in [5.41, 5.74) is 12.2. The second-order valence-electron chi connectivity index (χ2n) is 11.3. The van der Waals surface area contributed by atoms with Crippen LogP contribution in [0.15, 0.2) is 36.9 Å².